The van der Waals surface area contributed by atoms with Crippen LogP contribution in [0.4, 0.5) is 5.95 Å². The van der Waals surface area contributed by atoms with Gasteiger partial charge < -0.3 is 10.6 Å². The first-order valence-electron chi connectivity index (χ1n) is 10.9. The van der Waals surface area contributed by atoms with Gasteiger partial charge in [0.2, 0.25) is 5.95 Å². The minimum atomic E-state index is -0.536. The molecule has 0 spiro atoms. The molecule has 2 N–H and O–H groups in total. The maximum Gasteiger partial charge on any atom is 0.332 e. The Labute approximate surface area is 196 Å². The van der Waals surface area contributed by atoms with Crippen molar-refractivity contribution < 1.29 is 0 Å². The number of nitrogens with two attached hydrogens (primary N) is 1. The molecule has 0 saturated carbocycles. The van der Waals surface area contributed by atoms with Gasteiger partial charge in [0.25, 0.3) is 5.56 Å². The van der Waals surface area contributed by atoms with Crippen molar-refractivity contribution in [3.05, 3.63) is 55.7 Å². The molecule has 1 fully saturated rings. The van der Waals surface area contributed by atoms with Gasteiger partial charge in [-0.2, -0.15) is 15.5 Å². The molecular weight excluding hydrogens is 432 g/mol. The van der Waals surface area contributed by atoms with Gasteiger partial charge in [-0.25, -0.2) is 4.79 Å². The van der Waals surface area contributed by atoms with Crippen molar-refractivity contribution in [1.29, 1.82) is 10.5 Å². The molecule has 34 heavy (non-hydrogen) atoms. The zero-order chi connectivity index (χ0) is 24.4. The first-order valence-corrected chi connectivity index (χ1v) is 10.9. The summed E-state index contributed by atoms with van der Waals surface area (Å²) < 4.78 is 4.19. The molecule has 0 radical (unpaired) electrons. The maximum atomic E-state index is 13.6. The zero-order valence-electron chi connectivity index (χ0n) is 19.1. The van der Waals surface area contributed by atoms with Crippen molar-refractivity contribution in [2.24, 2.45) is 12.8 Å². The molecule has 0 bridgehead atoms. The van der Waals surface area contributed by atoms with Gasteiger partial charge in [0.15, 0.2) is 11.2 Å². The van der Waals surface area contributed by atoms with Gasteiger partial charge in [-0.1, -0.05) is 5.92 Å². The number of hydrogen-bond donors (Lipinski definition) is 1. The third-order valence-electron chi connectivity index (χ3n) is 5.96. The lowest BCUT2D eigenvalue weighted by atomic mass is 10.1. The van der Waals surface area contributed by atoms with Crippen LogP contribution in [0.1, 0.15) is 36.5 Å². The van der Waals surface area contributed by atoms with Crippen LogP contribution in [-0.4, -0.2) is 37.8 Å². The Bertz CT molecular complexity index is 1500. The molecule has 10 nitrogen and oxygen atoms in total. The number of imidazole rings is 1. The van der Waals surface area contributed by atoms with Crippen LogP contribution in [0.2, 0.25) is 0 Å². The molecule has 0 aliphatic carbocycles. The Kier molecular flexibility index (Phi) is 6.23. The fourth-order valence-electron chi connectivity index (χ4n) is 4.34. The van der Waals surface area contributed by atoms with Crippen LogP contribution >= 0.6 is 0 Å². The lowest BCUT2D eigenvalue weighted by molar-refractivity contribution is 0.496. The second-order valence-electron chi connectivity index (χ2n) is 8.32. The second-order valence-corrected chi connectivity index (χ2v) is 8.32. The Morgan fingerprint density at radius 2 is 1.85 bits per heavy atom. The van der Waals surface area contributed by atoms with Gasteiger partial charge in [-0.3, -0.25) is 18.5 Å². The number of nitriles is 2. The number of fused-ring (bicyclic) bond motifs is 1. The SMILES string of the molecule is CC#CCn1c(N2CCCC(N)C2)nc2c1c(=O)n(Cc1cc(C#N)cc(C#N)c1)c(=O)n2C. The van der Waals surface area contributed by atoms with Crippen LogP contribution in [0, 0.1) is 34.5 Å². The number of piperidine rings is 1. The lowest BCUT2D eigenvalue weighted by Gasteiger charge is -2.31. The molecule has 4 rings (SSSR count). The summed E-state index contributed by atoms with van der Waals surface area (Å²) in [6.45, 7) is 3.22. The summed E-state index contributed by atoms with van der Waals surface area (Å²) in [7, 11) is 1.57. The number of rotatable bonds is 4. The van der Waals surface area contributed by atoms with Gasteiger partial charge >= 0.3 is 5.69 Å². The summed E-state index contributed by atoms with van der Waals surface area (Å²) in [5.74, 6) is 6.42. The molecule has 2 aromatic heterocycles. The molecule has 1 atom stereocenters. The average molecular weight is 457 g/mol. The Balaban J connectivity index is 1.93. The van der Waals surface area contributed by atoms with Crippen LogP contribution < -0.4 is 21.9 Å². The van der Waals surface area contributed by atoms with Crippen molar-refractivity contribution in [2.75, 3.05) is 18.0 Å². The van der Waals surface area contributed by atoms with E-state index in [1.165, 1.54) is 10.6 Å². The molecular formula is C24H24N8O2. The third-order valence-corrected chi connectivity index (χ3v) is 5.96. The number of hydrogen-bond acceptors (Lipinski definition) is 7. The van der Waals surface area contributed by atoms with Crippen molar-refractivity contribution in [3.8, 4) is 24.0 Å². The standard InChI is InChI=1S/C24H24N8O2/c1-3-4-8-31-20-21(28-23(31)30-7-5-6-19(27)15-30)29(2)24(34)32(22(20)33)14-18-10-16(12-25)9-17(11-18)13-26/h9-11,19H,5-8,14-15,27H2,1-2H3. The first-order chi connectivity index (χ1) is 16.4. The van der Waals surface area contributed by atoms with Crippen LogP contribution in [0.15, 0.2) is 27.8 Å². The maximum absolute atomic E-state index is 13.6. The van der Waals surface area contributed by atoms with E-state index in [0.29, 0.717) is 18.1 Å². The molecule has 1 saturated heterocycles. The predicted molar refractivity (Wildman–Crippen MR) is 127 cm³/mol. The summed E-state index contributed by atoms with van der Waals surface area (Å²) in [5, 5.41) is 18.5. The molecule has 10 heteroatoms. The molecule has 1 unspecified atom stereocenters. The molecule has 3 heterocycles. The van der Waals surface area contributed by atoms with Gasteiger partial charge in [0.05, 0.1) is 36.4 Å². The van der Waals surface area contributed by atoms with Crippen molar-refractivity contribution in [3.63, 3.8) is 0 Å². The predicted octanol–water partition coefficient (Wildman–Crippen LogP) is 0.639. The van der Waals surface area contributed by atoms with Gasteiger partial charge in [0.1, 0.15) is 0 Å². The molecule has 1 aliphatic heterocycles. The summed E-state index contributed by atoms with van der Waals surface area (Å²) in [6, 6.07) is 8.61. The quantitative estimate of drug-likeness (QED) is 0.568. The summed E-state index contributed by atoms with van der Waals surface area (Å²) in [4.78, 5) is 33.5. The van der Waals surface area contributed by atoms with Crippen LogP contribution in [0.5, 0.6) is 0 Å². The van der Waals surface area contributed by atoms with Gasteiger partial charge in [-0.15, -0.1) is 5.92 Å². The fourth-order valence-corrected chi connectivity index (χ4v) is 4.34. The van der Waals surface area contributed by atoms with E-state index in [2.05, 4.69) is 16.8 Å². The highest BCUT2D eigenvalue weighted by molar-refractivity contribution is 5.75. The highest BCUT2D eigenvalue weighted by Crippen LogP contribution is 2.23. The number of nitrogens with zero attached hydrogens (tertiary/aromatic N) is 7. The zero-order valence-corrected chi connectivity index (χ0v) is 19.1. The monoisotopic (exact) mass is 456 g/mol. The molecule has 1 aliphatic rings. The normalized spacial score (nSPS) is 15.4. The van der Waals surface area contributed by atoms with E-state index < -0.39 is 11.2 Å². The lowest BCUT2D eigenvalue weighted by Crippen LogP contribution is -2.44. The summed E-state index contributed by atoms with van der Waals surface area (Å²) in [5.41, 5.74) is 6.77. The smallest absolute Gasteiger partial charge is 0.332 e. The topological polar surface area (TPSA) is 139 Å². The minimum Gasteiger partial charge on any atom is -0.341 e. The highest BCUT2D eigenvalue weighted by Gasteiger charge is 2.26. The Hall–Kier alpha value is -4.33. The molecule has 1 aromatic carbocycles. The van der Waals surface area contributed by atoms with Gasteiger partial charge in [-0.05, 0) is 43.5 Å². The third kappa shape index (κ3) is 4.05. The number of benzene rings is 1. The van der Waals surface area contributed by atoms with E-state index in [9.17, 15) is 20.1 Å². The van der Waals surface area contributed by atoms with E-state index in [0.717, 1.165) is 24.0 Å². The van der Waals surface area contributed by atoms with E-state index in [1.54, 1.807) is 30.7 Å². The Morgan fingerprint density at radius 1 is 1.15 bits per heavy atom. The van der Waals surface area contributed by atoms with Gasteiger partial charge in [0, 0.05) is 26.2 Å². The number of anilines is 1. The first kappa shape index (κ1) is 22.8. The van der Waals surface area contributed by atoms with E-state index in [4.69, 9.17) is 5.73 Å². The number of aromatic nitrogens is 4. The summed E-state index contributed by atoms with van der Waals surface area (Å²) in [6.07, 6.45) is 1.83. The van der Waals surface area contributed by atoms with E-state index >= 15 is 0 Å². The van der Waals surface area contributed by atoms with Crippen molar-refractivity contribution in [1.82, 2.24) is 18.7 Å². The highest BCUT2D eigenvalue weighted by atomic mass is 16.2. The Morgan fingerprint density at radius 3 is 2.47 bits per heavy atom. The van der Waals surface area contributed by atoms with Crippen molar-refractivity contribution in [2.45, 2.75) is 38.9 Å². The largest absolute Gasteiger partial charge is 0.341 e. The number of aryl methyl sites for hydroxylation is 1. The van der Waals surface area contributed by atoms with Crippen LogP contribution in [0.3, 0.4) is 0 Å². The van der Waals surface area contributed by atoms with Crippen molar-refractivity contribution >= 4 is 17.1 Å². The molecule has 172 valence electrons. The van der Waals surface area contributed by atoms with E-state index in [-0.39, 0.29) is 41.4 Å². The van der Waals surface area contributed by atoms with E-state index in [1.807, 2.05) is 17.0 Å². The molecule has 3 aromatic rings. The molecule has 0 amide bonds. The average Bonchev–Trinajstić information content (AvgIpc) is 3.23. The minimum absolute atomic E-state index is 0.00138. The summed E-state index contributed by atoms with van der Waals surface area (Å²) >= 11 is 0. The second kappa shape index (κ2) is 9.27. The van der Waals surface area contributed by atoms with Crippen LogP contribution in [0.25, 0.3) is 11.2 Å². The van der Waals surface area contributed by atoms with Crippen LogP contribution in [-0.2, 0) is 20.1 Å². The fraction of sp³-hybridized carbons (Fsp3) is 0.375.